The zero-order valence-electron chi connectivity index (χ0n) is 8.43. The molecule has 1 aliphatic rings. The molecular formula is C11H16N2O. The summed E-state index contributed by atoms with van der Waals surface area (Å²) in [7, 11) is 0. The summed E-state index contributed by atoms with van der Waals surface area (Å²) in [5, 5.41) is 9.25. The highest BCUT2D eigenvalue weighted by Crippen LogP contribution is 2.26. The molecular weight excluding hydrogens is 176 g/mol. The zero-order chi connectivity index (χ0) is 9.97. The van der Waals surface area contributed by atoms with Gasteiger partial charge >= 0.3 is 0 Å². The first-order chi connectivity index (χ1) is 6.81. The maximum Gasteiger partial charge on any atom is 0.128 e. The molecule has 2 unspecified atom stereocenters. The number of aliphatic hydroxyl groups is 1. The van der Waals surface area contributed by atoms with Gasteiger partial charge in [0.05, 0.1) is 12.6 Å². The lowest BCUT2D eigenvalue weighted by molar-refractivity contribution is 0.263. The van der Waals surface area contributed by atoms with E-state index >= 15 is 0 Å². The Labute approximate surface area is 84.4 Å². The predicted octanol–water partition coefficient (Wildman–Crippen LogP) is 1.29. The summed E-state index contributed by atoms with van der Waals surface area (Å²) in [5.41, 5.74) is 0. The van der Waals surface area contributed by atoms with Gasteiger partial charge in [0.25, 0.3) is 0 Å². The molecule has 0 amide bonds. The highest BCUT2D eigenvalue weighted by atomic mass is 16.3. The lowest BCUT2D eigenvalue weighted by Crippen LogP contribution is -2.32. The van der Waals surface area contributed by atoms with Crippen molar-refractivity contribution in [1.29, 1.82) is 0 Å². The predicted molar refractivity (Wildman–Crippen MR) is 56.2 cm³/mol. The molecule has 0 saturated carbocycles. The first kappa shape index (κ1) is 9.46. The molecule has 3 nitrogen and oxygen atoms in total. The molecule has 3 heteroatoms. The molecule has 76 valence electrons. The van der Waals surface area contributed by atoms with Gasteiger partial charge in [-0.15, -0.1) is 0 Å². The Morgan fingerprint density at radius 1 is 1.57 bits per heavy atom. The third kappa shape index (κ3) is 1.73. The topological polar surface area (TPSA) is 36.4 Å². The van der Waals surface area contributed by atoms with Gasteiger partial charge in [-0.05, 0) is 24.5 Å². The number of nitrogens with zero attached hydrogens (tertiary/aromatic N) is 2. The number of anilines is 1. The second kappa shape index (κ2) is 3.96. The summed E-state index contributed by atoms with van der Waals surface area (Å²) < 4.78 is 0. The van der Waals surface area contributed by atoms with Crippen molar-refractivity contribution in [3.05, 3.63) is 24.4 Å². The summed E-state index contributed by atoms with van der Waals surface area (Å²) in [6, 6.07) is 6.15. The maximum atomic E-state index is 9.25. The zero-order valence-corrected chi connectivity index (χ0v) is 8.43. The Bertz CT molecular complexity index is 289. The van der Waals surface area contributed by atoms with E-state index in [1.54, 1.807) is 6.20 Å². The molecule has 2 heterocycles. The normalized spacial score (nSPS) is 26.9. The Morgan fingerprint density at radius 3 is 3.07 bits per heavy atom. The van der Waals surface area contributed by atoms with Gasteiger partial charge in [0.1, 0.15) is 5.82 Å². The van der Waals surface area contributed by atoms with Gasteiger partial charge in [-0.25, -0.2) is 4.98 Å². The van der Waals surface area contributed by atoms with Crippen molar-refractivity contribution < 1.29 is 5.11 Å². The van der Waals surface area contributed by atoms with Crippen molar-refractivity contribution in [2.75, 3.05) is 18.1 Å². The minimum atomic E-state index is 0.223. The van der Waals surface area contributed by atoms with Gasteiger partial charge < -0.3 is 10.0 Å². The number of rotatable bonds is 2. The molecule has 2 atom stereocenters. The van der Waals surface area contributed by atoms with E-state index in [2.05, 4.69) is 16.8 Å². The van der Waals surface area contributed by atoms with Crippen LogP contribution in [-0.4, -0.2) is 29.3 Å². The van der Waals surface area contributed by atoms with E-state index in [-0.39, 0.29) is 12.6 Å². The molecule has 0 bridgehead atoms. The van der Waals surface area contributed by atoms with Gasteiger partial charge in [-0.3, -0.25) is 0 Å². The SMILES string of the molecule is CC1CC(CO)N(c2ccccn2)C1. The number of aromatic nitrogens is 1. The van der Waals surface area contributed by atoms with Gasteiger partial charge in [-0.1, -0.05) is 13.0 Å². The molecule has 2 rings (SSSR count). The minimum Gasteiger partial charge on any atom is -0.394 e. The van der Waals surface area contributed by atoms with Crippen LogP contribution in [0.3, 0.4) is 0 Å². The maximum absolute atomic E-state index is 9.25. The van der Waals surface area contributed by atoms with Gasteiger partial charge in [0.15, 0.2) is 0 Å². The van der Waals surface area contributed by atoms with Crippen LogP contribution in [0.4, 0.5) is 5.82 Å². The van der Waals surface area contributed by atoms with Crippen molar-refractivity contribution in [3.8, 4) is 0 Å². The lowest BCUT2D eigenvalue weighted by atomic mass is 10.1. The molecule has 1 N–H and O–H groups in total. The Morgan fingerprint density at radius 2 is 2.43 bits per heavy atom. The fourth-order valence-corrected chi connectivity index (χ4v) is 2.13. The largest absolute Gasteiger partial charge is 0.394 e. The number of hydrogen-bond acceptors (Lipinski definition) is 3. The third-order valence-corrected chi connectivity index (χ3v) is 2.78. The molecule has 1 aromatic heterocycles. The summed E-state index contributed by atoms with van der Waals surface area (Å²) >= 11 is 0. The lowest BCUT2D eigenvalue weighted by Gasteiger charge is -2.23. The van der Waals surface area contributed by atoms with Crippen LogP contribution in [0.1, 0.15) is 13.3 Å². The molecule has 1 saturated heterocycles. The van der Waals surface area contributed by atoms with Crippen LogP contribution in [-0.2, 0) is 0 Å². The highest BCUT2D eigenvalue weighted by Gasteiger charge is 2.29. The Kier molecular flexibility index (Phi) is 2.68. The van der Waals surface area contributed by atoms with Crippen molar-refractivity contribution >= 4 is 5.82 Å². The van der Waals surface area contributed by atoms with Gasteiger partial charge in [-0.2, -0.15) is 0 Å². The molecule has 1 fully saturated rings. The van der Waals surface area contributed by atoms with Crippen molar-refractivity contribution in [2.24, 2.45) is 5.92 Å². The van der Waals surface area contributed by atoms with Crippen LogP contribution in [0.15, 0.2) is 24.4 Å². The second-order valence-corrected chi connectivity index (χ2v) is 4.02. The number of pyridine rings is 1. The third-order valence-electron chi connectivity index (χ3n) is 2.78. The van der Waals surface area contributed by atoms with E-state index in [9.17, 15) is 5.11 Å². The summed E-state index contributed by atoms with van der Waals surface area (Å²) in [5.74, 6) is 1.63. The fourth-order valence-electron chi connectivity index (χ4n) is 2.13. The van der Waals surface area contributed by atoms with E-state index in [1.807, 2.05) is 18.2 Å². The molecule has 14 heavy (non-hydrogen) atoms. The van der Waals surface area contributed by atoms with Crippen LogP contribution >= 0.6 is 0 Å². The minimum absolute atomic E-state index is 0.223. The first-order valence-electron chi connectivity index (χ1n) is 5.10. The molecule has 0 aromatic carbocycles. The number of aliphatic hydroxyl groups excluding tert-OH is 1. The summed E-state index contributed by atoms with van der Waals surface area (Å²) in [4.78, 5) is 6.51. The molecule has 0 aliphatic carbocycles. The fraction of sp³-hybridized carbons (Fsp3) is 0.545. The quantitative estimate of drug-likeness (QED) is 0.767. The second-order valence-electron chi connectivity index (χ2n) is 4.02. The average Bonchev–Trinajstić information content (AvgIpc) is 2.61. The molecule has 0 radical (unpaired) electrons. The van der Waals surface area contributed by atoms with Crippen LogP contribution in [0.2, 0.25) is 0 Å². The molecule has 1 aliphatic heterocycles. The van der Waals surface area contributed by atoms with E-state index in [0.29, 0.717) is 5.92 Å². The smallest absolute Gasteiger partial charge is 0.128 e. The van der Waals surface area contributed by atoms with Crippen LogP contribution in [0.25, 0.3) is 0 Å². The Hall–Kier alpha value is -1.09. The highest BCUT2D eigenvalue weighted by molar-refractivity contribution is 5.40. The Balaban J connectivity index is 2.18. The van der Waals surface area contributed by atoms with Crippen LogP contribution in [0, 0.1) is 5.92 Å². The summed E-state index contributed by atoms with van der Waals surface area (Å²) in [6.07, 6.45) is 2.86. The van der Waals surface area contributed by atoms with E-state index in [0.717, 1.165) is 18.8 Å². The van der Waals surface area contributed by atoms with Crippen molar-refractivity contribution in [3.63, 3.8) is 0 Å². The van der Waals surface area contributed by atoms with Gasteiger partial charge in [0, 0.05) is 12.7 Å². The molecule has 0 spiro atoms. The standard InChI is InChI=1S/C11H16N2O/c1-9-6-10(8-14)13(7-9)11-4-2-3-5-12-11/h2-5,9-10,14H,6-8H2,1H3. The number of hydrogen-bond donors (Lipinski definition) is 1. The van der Waals surface area contributed by atoms with Crippen molar-refractivity contribution in [1.82, 2.24) is 4.98 Å². The molecule has 1 aromatic rings. The van der Waals surface area contributed by atoms with Crippen LogP contribution in [0.5, 0.6) is 0 Å². The van der Waals surface area contributed by atoms with Gasteiger partial charge in [0.2, 0.25) is 0 Å². The van der Waals surface area contributed by atoms with E-state index in [1.165, 1.54) is 0 Å². The monoisotopic (exact) mass is 192 g/mol. The van der Waals surface area contributed by atoms with E-state index in [4.69, 9.17) is 0 Å². The summed E-state index contributed by atoms with van der Waals surface area (Å²) in [6.45, 7) is 3.44. The first-order valence-corrected chi connectivity index (χ1v) is 5.10. The van der Waals surface area contributed by atoms with Crippen LogP contribution < -0.4 is 4.90 Å². The van der Waals surface area contributed by atoms with E-state index < -0.39 is 0 Å². The van der Waals surface area contributed by atoms with Crippen molar-refractivity contribution in [2.45, 2.75) is 19.4 Å². The average molecular weight is 192 g/mol.